The summed E-state index contributed by atoms with van der Waals surface area (Å²) in [5.41, 5.74) is 5.60. The van der Waals surface area contributed by atoms with Crippen molar-refractivity contribution in [2.24, 2.45) is 5.10 Å². The van der Waals surface area contributed by atoms with E-state index in [2.05, 4.69) is 41.2 Å². The highest BCUT2D eigenvalue weighted by Gasteiger charge is 2.28. The Morgan fingerprint density at radius 1 is 1.00 bits per heavy atom. The van der Waals surface area contributed by atoms with Crippen LogP contribution in [0.25, 0.3) is 6.08 Å². The lowest BCUT2D eigenvalue weighted by molar-refractivity contribution is -0.114. The van der Waals surface area contributed by atoms with Crippen molar-refractivity contribution < 1.29 is 9.53 Å². The predicted octanol–water partition coefficient (Wildman–Crippen LogP) is 3.89. The molecule has 4 rings (SSSR count). The summed E-state index contributed by atoms with van der Waals surface area (Å²) in [5, 5.41) is 5.96. The van der Waals surface area contributed by atoms with E-state index in [1.807, 2.05) is 37.3 Å². The Balaban J connectivity index is 1.52. The van der Waals surface area contributed by atoms with Crippen LogP contribution in [0.4, 0.5) is 11.4 Å². The van der Waals surface area contributed by atoms with Gasteiger partial charge in [-0.25, -0.2) is 0 Å². The van der Waals surface area contributed by atoms with Gasteiger partial charge in [0.2, 0.25) is 0 Å². The monoisotopic (exact) mass is 375 g/mol. The van der Waals surface area contributed by atoms with Gasteiger partial charge < -0.3 is 9.64 Å². The van der Waals surface area contributed by atoms with Crippen LogP contribution in [0, 0.1) is 0 Å². The average Bonchev–Trinajstić information content (AvgIpc) is 3.03. The summed E-state index contributed by atoms with van der Waals surface area (Å²) in [5.74, 6) is -0.0843. The molecule has 0 atom stereocenters. The van der Waals surface area contributed by atoms with Gasteiger partial charge in [-0.15, -0.1) is 0 Å². The second-order valence-electron chi connectivity index (χ2n) is 7.07. The zero-order valence-corrected chi connectivity index (χ0v) is 16.4. The lowest BCUT2D eigenvalue weighted by atomic mass is 10.1. The third-order valence-corrected chi connectivity index (χ3v) is 5.23. The molecular weight excluding hydrogens is 350 g/mol. The van der Waals surface area contributed by atoms with E-state index in [0.717, 1.165) is 49.7 Å². The van der Waals surface area contributed by atoms with Crippen LogP contribution < -0.4 is 9.91 Å². The maximum atomic E-state index is 12.9. The summed E-state index contributed by atoms with van der Waals surface area (Å²) >= 11 is 0. The molecule has 1 fully saturated rings. The van der Waals surface area contributed by atoms with Crippen LogP contribution in [-0.4, -0.2) is 37.9 Å². The van der Waals surface area contributed by atoms with Crippen LogP contribution in [0.2, 0.25) is 0 Å². The topological polar surface area (TPSA) is 45.1 Å². The standard InChI is InChI=1S/C23H25N3O2/c1-3-18-4-10-21(11-5-18)26-23(27)22(17(2)24-26)16-19-6-8-20(9-7-19)25-12-14-28-15-13-25/h4-11,16H,3,12-15H2,1-2H3/b22-16-. The minimum atomic E-state index is -0.0843. The molecule has 0 radical (unpaired) electrons. The molecule has 2 heterocycles. The van der Waals surface area contributed by atoms with E-state index in [9.17, 15) is 4.79 Å². The Hall–Kier alpha value is -2.92. The van der Waals surface area contributed by atoms with Gasteiger partial charge in [0.25, 0.3) is 5.91 Å². The zero-order chi connectivity index (χ0) is 19.5. The number of carbonyl (C=O) groups is 1. The van der Waals surface area contributed by atoms with E-state index in [-0.39, 0.29) is 5.91 Å². The van der Waals surface area contributed by atoms with Gasteiger partial charge in [0.05, 0.1) is 30.2 Å². The van der Waals surface area contributed by atoms with Crippen LogP contribution in [0.5, 0.6) is 0 Å². The van der Waals surface area contributed by atoms with Crippen molar-refractivity contribution in [1.82, 2.24) is 0 Å². The molecule has 1 amide bonds. The van der Waals surface area contributed by atoms with Crippen molar-refractivity contribution in [3.8, 4) is 0 Å². The summed E-state index contributed by atoms with van der Waals surface area (Å²) in [6.07, 6.45) is 2.90. The molecule has 1 saturated heterocycles. The fourth-order valence-corrected chi connectivity index (χ4v) is 3.50. The van der Waals surface area contributed by atoms with E-state index >= 15 is 0 Å². The number of anilines is 2. The Kier molecular flexibility index (Phi) is 5.26. The number of amides is 1. The smallest absolute Gasteiger partial charge is 0.280 e. The Morgan fingerprint density at radius 2 is 1.64 bits per heavy atom. The lowest BCUT2D eigenvalue weighted by Crippen LogP contribution is -2.36. The molecule has 0 aromatic heterocycles. The van der Waals surface area contributed by atoms with Crippen molar-refractivity contribution in [3.05, 3.63) is 65.2 Å². The minimum absolute atomic E-state index is 0.0843. The van der Waals surface area contributed by atoms with Crippen molar-refractivity contribution in [3.63, 3.8) is 0 Å². The van der Waals surface area contributed by atoms with E-state index in [1.54, 1.807) is 0 Å². The first kappa shape index (κ1) is 18.4. The number of hydrogen-bond acceptors (Lipinski definition) is 4. The van der Waals surface area contributed by atoms with Gasteiger partial charge in [-0.1, -0.05) is 31.2 Å². The molecule has 2 aliphatic heterocycles. The van der Waals surface area contributed by atoms with E-state index in [4.69, 9.17) is 4.74 Å². The number of nitrogens with zero attached hydrogens (tertiary/aromatic N) is 3. The average molecular weight is 375 g/mol. The molecule has 144 valence electrons. The third kappa shape index (κ3) is 3.71. The first-order valence-corrected chi connectivity index (χ1v) is 9.79. The SMILES string of the molecule is CCc1ccc(N2N=C(C)/C(=C/c3ccc(N4CCOCC4)cc3)C2=O)cc1. The summed E-state index contributed by atoms with van der Waals surface area (Å²) in [6, 6.07) is 16.3. The van der Waals surface area contributed by atoms with E-state index in [0.29, 0.717) is 5.57 Å². The first-order chi connectivity index (χ1) is 13.7. The largest absolute Gasteiger partial charge is 0.378 e. The highest BCUT2D eigenvalue weighted by molar-refractivity contribution is 6.32. The molecule has 0 unspecified atom stereocenters. The molecule has 28 heavy (non-hydrogen) atoms. The van der Waals surface area contributed by atoms with Crippen molar-refractivity contribution in [2.45, 2.75) is 20.3 Å². The lowest BCUT2D eigenvalue weighted by Gasteiger charge is -2.28. The Morgan fingerprint density at radius 3 is 2.29 bits per heavy atom. The van der Waals surface area contributed by atoms with Crippen LogP contribution >= 0.6 is 0 Å². The van der Waals surface area contributed by atoms with Gasteiger partial charge in [0.15, 0.2) is 0 Å². The van der Waals surface area contributed by atoms with Gasteiger partial charge in [0.1, 0.15) is 0 Å². The number of benzene rings is 2. The molecule has 0 saturated carbocycles. The molecule has 0 N–H and O–H groups in total. The van der Waals surface area contributed by atoms with Crippen LogP contribution in [-0.2, 0) is 16.0 Å². The maximum Gasteiger partial charge on any atom is 0.280 e. The molecule has 2 aliphatic rings. The molecule has 0 bridgehead atoms. The molecular formula is C23H25N3O2. The van der Waals surface area contributed by atoms with Crippen molar-refractivity contribution >= 4 is 29.1 Å². The highest BCUT2D eigenvalue weighted by Crippen LogP contribution is 2.26. The summed E-state index contributed by atoms with van der Waals surface area (Å²) in [6.45, 7) is 7.36. The van der Waals surface area contributed by atoms with Gasteiger partial charge >= 0.3 is 0 Å². The van der Waals surface area contributed by atoms with Gasteiger partial charge in [-0.2, -0.15) is 10.1 Å². The normalized spacial score (nSPS) is 18.7. The van der Waals surface area contributed by atoms with Gasteiger partial charge in [-0.05, 0) is 54.8 Å². The number of rotatable bonds is 4. The number of carbonyl (C=O) groups excluding carboxylic acids is 1. The summed E-state index contributed by atoms with van der Waals surface area (Å²) < 4.78 is 5.41. The predicted molar refractivity (Wildman–Crippen MR) is 114 cm³/mol. The van der Waals surface area contributed by atoms with E-state index < -0.39 is 0 Å². The molecule has 5 heteroatoms. The fraction of sp³-hybridized carbons (Fsp3) is 0.304. The van der Waals surface area contributed by atoms with Gasteiger partial charge in [0, 0.05) is 18.8 Å². The number of aryl methyl sites for hydroxylation is 1. The quantitative estimate of drug-likeness (QED) is 0.762. The second kappa shape index (κ2) is 7.98. The van der Waals surface area contributed by atoms with Crippen LogP contribution in [0.15, 0.2) is 59.2 Å². The summed E-state index contributed by atoms with van der Waals surface area (Å²) in [7, 11) is 0. The third-order valence-electron chi connectivity index (χ3n) is 5.23. The first-order valence-electron chi connectivity index (χ1n) is 9.79. The number of morpholine rings is 1. The Labute approximate surface area is 165 Å². The van der Waals surface area contributed by atoms with Crippen LogP contribution in [0.3, 0.4) is 0 Å². The van der Waals surface area contributed by atoms with Crippen molar-refractivity contribution in [2.75, 3.05) is 36.2 Å². The van der Waals surface area contributed by atoms with E-state index in [1.165, 1.54) is 16.3 Å². The number of hydrogen-bond donors (Lipinski definition) is 0. The molecule has 0 spiro atoms. The van der Waals surface area contributed by atoms with Crippen molar-refractivity contribution in [1.29, 1.82) is 0 Å². The summed E-state index contributed by atoms with van der Waals surface area (Å²) in [4.78, 5) is 15.2. The minimum Gasteiger partial charge on any atom is -0.378 e. The molecule has 2 aromatic carbocycles. The number of ether oxygens (including phenoxy) is 1. The van der Waals surface area contributed by atoms with Crippen LogP contribution in [0.1, 0.15) is 25.0 Å². The fourth-order valence-electron chi connectivity index (χ4n) is 3.50. The Bertz CT molecular complexity index is 908. The maximum absolute atomic E-state index is 12.9. The number of hydrazone groups is 1. The highest BCUT2D eigenvalue weighted by atomic mass is 16.5. The second-order valence-corrected chi connectivity index (χ2v) is 7.07. The zero-order valence-electron chi connectivity index (χ0n) is 16.4. The van der Waals surface area contributed by atoms with Gasteiger partial charge in [-0.3, -0.25) is 4.79 Å². The molecule has 5 nitrogen and oxygen atoms in total. The molecule has 0 aliphatic carbocycles. The molecule has 2 aromatic rings.